The van der Waals surface area contributed by atoms with Gasteiger partial charge in [0, 0.05) is 29.9 Å². The van der Waals surface area contributed by atoms with Crippen LogP contribution < -0.4 is 5.32 Å². The van der Waals surface area contributed by atoms with E-state index < -0.39 is 69.7 Å². The minimum atomic E-state index is -2.31. The van der Waals surface area contributed by atoms with Crippen LogP contribution in [0.3, 0.4) is 0 Å². The van der Waals surface area contributed by atoms with Crippen LogP contribution >= 0.6 is 0 Å². The SMILES string of the molecule is C=C1C(=O)[C@]23[C@H](OC(=O)C4CCC(NC(=O)c5ccc(C)cc5)CC4)[C@H]1CC[C@H]2[C@@]12CO[C@]3(O)[C@@H](O)[C@@H]1C(C)(C)CCC2=O. The number of Topliss-reactive ketones (excluding diaryl/α,β-unsaturated/α-hetero) is 2. The van der Waals surface area contributed by atoms with Crippen molar-refractivity contribution in [2.45, 2.75) is 96.2 Å². The van der Waals surface area contributed by atoms with Crippen LogP contribution in [0.2, 0.25) is 0 Å². The summed E-state index contributed by atoms with van der Waals surface area (Å²) in [6, 6.07) is 7.31. The first-order chi connectivity index (χ1) is 20.8. The van der Waals surface area contributed by atoms with Crippen molar-refractivity contribution in [3.8, 4) is 0 Å². The monoisotopic (exact) mass is 605 g/mol. The third kappa shape index (κ3) is 3.69. The largest absolute Gasteiger partial charge is 0.460 e. The highest BCUT2D eigenvalue weighted by Gasteiger charge is 2.88. The minimum Gasteiger partial charge on any atom is -0.460 e. The summed E-state index contributed by atoms with van der Waals surface area (Å²) < 4.78 is 12.3. The number of carbonyl (C=O) groups excluding carboxylic acids is 4. The van der Waals surface area contributed by atoms with Gasteiger partial charge >= 0.3 is 5.97 Å². The summed E-state index contributed by atoms with van der Waals surface area (Å²) in [6.07, 6.45) is 1.48. The summed E-state index contributed by atoms with van der Waals surface area (Å²) in [6.45, 7) is 9.98. The molecule has 5 saturated carbocycles. The molecule has 5 aliphatic carbocycles. The molecule has 236 valence electrons. The topological polar surface area (TPSA) is 139 Å². The first-order valence-corrected chi connectivity index (χ1v) is 16.2. The smallest absolute Gasteiger partial charge is 0.309 e. The van der Waals surface area contributed by atoms with E-state index in [9.17, 15) is 29.4 Å². The number of hydrogen-bond donors (Lipinski definition) is 3. The van der Waals surface area contributed by atoms with E-state index >= 15 is 0 Å². The van der Waals surface area contributed by atoms with Gasteiger partial charge in [0.05, 0.1) is 17.9 Å². The average Bonchev–Trinajstić information content (AvgIpc) is 3.10. The highest BCUT2D eigenvalue weighted by molar-refractivity contribution is 6.06. The summed E-state index contributed by atoms with van der Waals surface area (Å²) in [7, 11) is 0. The molecule has 8 atom stereocenters. The number of ether oxygens (including phenoxy) is 2. The van der Waals surface area contributed by atoms with Gasteiger partial charge in [-0.15, -0.1) is 0 Å². The third-order valence-corrected chi connectivity index (χ3v) is 12.6. The van der Waals surface area contributed by atoms with Crippen molar-refractivity contribution < 1.29 is 38.9 Å². The molecule has 9 nitrogen and oxygen atoms in total. The maximum atomic E-state index is 14.3. The summed E-state index contributed by atoms with van der Waals surface area (Å²) in [5.74, 6) is -5.61. The molecule has 7 aliphatic rings. The van der Waals surface area contributed by atoms with Gasteiger partial charge in [-0.05, 0) is 80.9 Å². The van der Waals surface area contributed by atoms with E-state index in [0.717, 1.165) is 5.56 Å². The fraction of sp³-hybridized carbons (Fsp3) is 0.657. The Morgan fingerprint density at radius 3 is 2.41 bits per heavy atom. The third-order valence-electron chi connectivity index (χ3n) is 12.6. The molecule has 1 amide bonds. The quantitative estimate of drug-likeness (QED) is 0.351. The van der Waals surface area contributed by atoms with Gasteiger partial charge in [0.1, 0.15) is 23.4 Å². The summed E-state index contributed by atoms with van der Waals surface area (Å²) in [4.78, 5) is 54.7. The van der Waals surface area contributed by atoms with E-state index in [1.165, 1.54) is 0 Å². The Hall–Kier alpha value is -2.88. The lowest BCUT2D eigenvalue weighted by atomic mass is 9.36. The number of rotatable bonds is 4. The minimum absolute atomic E-state index is 0.0492. The molecule has 1 aromatic carbocycles. The van der Waals surface area contributed by atoms with E-state index in [1.54, 1.807) is 12.1 Å². The number of esters is 1. The van der Waals surface area contributed by atoms with Crippen molar-refractivity contribution in [2.24, 2.45) is 39.9 Å². The Kier molecular flexibility index (Phi) is 6.65. The van der Waals surface area contributed by atoms with Crippen LogP contribution in [0.4, 0.5) is 0 Å². The van der Waals surface area contributed by atoms with Gasteiger partial charge in [-0.3, -0.25) is 19.2 Å². The molecule has 8 rings (SSSR count). The van der Waals surface area contributed by atoms with Crippen molar-refractivity contribution in [3.63, 3.8) is 0 Å². The fourth-order valence-electron chi connectivity index (χ4n) is 10.4. The number of amides is 1. The first kappa shape index (κ1) is 29.8. The molecule has 7 fully saturated rings. The van der Waals surface area contributed by atoms with Gasteiger partial charge < -0.3 is 25.0 Å². The molecule has 0 unspecified atom stereocenters. The van der Waals surface area contributed by atoms with Crippen LogP contribution in [0, 0.1) is 46.8 Å². The number of ketones is 2. The zero-order chi connectivity index (χ0) is 31.4. The van der Waals surface area contributed by atoms with Crippen molar-refractivity contribution >= 4 is 23.4 Å². The molecule has 2 saturated heterocycles. The fourth-order valence-corrected chi connectivity index (χ4v) is 10.4. The molecule has 2 aliphatic heterocycles. The zero-order valence-corrected chi connectivity index (χ0v) is 25.8. The lowest BCUT2D eigenvalue weighted by Crippen LogP contribution is -2.85. The number of nitrogens with one attached hydrogen (secondary N) is 1. The van der Waals surface area contributed by atoms with E-state index in [-0.39, 0.29) is 29.9 Å². The molecule has 0 aromatic heterocycles. The number of benzene rings is 1. The van der Waals surface area contributed by atoms with Crippen molar-refractivity contribution in [3.05, 3.63) is 47.5 Å². The summed E-state index contributed by atoms with van der Waals surface area (Å²) in [5.41, 5.74) is -1.49. The second kappa shape index (κ2) is 9.81. The number of aryl methyl sites for hydroxylation is 1. The van der Waals surface area contributed by atoms with E-state index in [4.69, 9.17) is 9.47 Å². The van der Waals surface area contributed by atoms with Crippen LogP contribution in [0.15, 0.2) is 36.4 Å². The van der Waals surface area contributed by atoms with Gasteiger partial charge in [0.25, 0.3) is 5.91 Å². The van der Waals surface area contributed by atoms with Crippen molar-refractivity contribution in [1.29, 1.82) is 0 Å². The lowest BCUT2D eigenvalue weighted by molar-refractivity contribution is -0.437. The zero-order valence-electron chi connectivity index (χ0n) is 25.8. The average molecular weight is 606 g/mol. The van der Waals surface area contributed by atoms with Crippen LogP contribution in [0.5, 0.6) is 0 Å². The van der Waals surface area contributed by atoms with Gasteiger partial charge in [0.2, 0.25) is 5.79 Å². The van der Waals surface area contributed by atoms with Gasteiger partial charge in [-0.25, -0.2) is 0 Å². The highest BCUT2D eigenvalue weighted by Crippen LogP contribution is 2.76. The number of fused-ring (bicyclic) bond motifs is 2. The number of carbonyl (C=O) groups is 4. The second-order valence-corrected chi connectivity index (χ2v) is 15.1. The Bertz CT molecular complexity index is 1440. The maximum absolute atomic E-state index is 14.3. The number of aliphatic hydroxyl groups is 2. The molecule has 2 spiro atoms. The maximum Gasteiger partial charge on any atom is 0.309 e. The molecule has 3 N–H and O–H groups in total. The van der Waals surface area contributed by atoms with Crippen LogP contribution in [-0.2, 0) is 23.9 Å². The molecule has 2 heterocycles. The van der Waals surface area contributed by atoms with Crippen molar-refractivity contribution in [1.82, 2.24) is 5.32 Å². The Balaban J connectivity index is 1.14. The molecule has 1 aromatic rings. The Morgan fingerprint density at radius 2 is 1.73 bits per heavy atom. The molecular weight excluding hydrogens is 562 g/mol. The molecule has 4 bridgehead atoms. The predicted octanol–water partition coefficient (Wildman–Crippen LogP) is 3.43. The van der Waals surface area contributed by atoms with Gasteiger partial charge in [-0.1, -0.05) is 38.1 Å². The second-order valence-electron chi connectivity index (χ2n) is 15.1. The van der Waals surface area contributed by atoms with Gasteiger partial charge in [-0.2, -0.15) is 0 Å². The van der Waals surface area contributed by atoms with Crippen LogP contribution in [-0.4, -0.2) is 64.3 Å². The Labute approximate surface area is 257 Å². The van der Waals surface area contributed by atoms with Crippen LogP contribution in [0.25, 0.3) is 0 Å². The first-order valence-electron chi connectivity index (χ1n) is 16.2. The summed E-state index contributed by atoms with van der Waals surface area (Å²) >= 11 is 0. The Morgan fingerprint density at radius 1 is 1.05 bits per heavy atom. The lowest BCUT2D eigenvalue weighted by Gasteiger charge is -2.73. The molecule has 44 heavy (non-hydrogen) atoms. The molecule has 9 heteroatoms. The van der Waals surface area contributed by atoms with Crippen molar-refractivity contribution in [2.75, 3.05) is 6.61 Å². The van der Waals surface area contributed by atoms with E-state index in [1.807, 2.05) is 32.9 Å². The summed E-state index contributed by atoms with van der Waals surface area (Å²) in [5, 5.41) is 27.3. The molecule has 0 radical (unpaired) electrons. The van der Waals surface area contributed by atoms with Gasteiger partial charge in [0.15, 0.2) is 5.78 Å². The van der Waals surface area contributed by atoms with E-state index in [2.05, 4.69) is 11.9 Å². The number of hydrogen-bond acceptors (Lipinski definition) is 8. The normalized spacial score (nSPS) is 43.7. The highest BCUT2D eigenvalue weighted by atomic mass is 16.6. The van der Waals surface area contributed by atoms with Crippen LogP contribution in [0.1, 0.15) is 81.1 Å². The number of aliphatic hydroxyl groups excluding tert-OH is 1. The molecular formula is C35H43NO8. The predicted molar refractivity (Wildman–Crippen MR) is 158 cm³/mol. The van der Waals surface area contributed by atoms with E-state index in [0.29, 0.717) is 56.9 Å². The standard InChI is InChI=1S/C35H43NO8/c1-18-5-7-20(8-6-18)30(40)36-22-11-9-21(10-12-22)31(41)44-29-23-13-14-24-33-17-43-35(42,34(24,29)27(38)19(23)2)28(39)26(33)32(3,4)16-15-25(33)37/h5-8,21-24,26,28-29,39,42H,2,9-17H2,1,3-4H3,(H,36,40)/t21?,22?,23-,24-,26+,28-,29+,33+,34-,35+/m0/s1.